The molecule has 9 heteroatoms. The lowest BCUT2D eigenvalue weighted by molar-refractivity contribution is -0.274. The molecule has 0 spiro atoms. The number of nitrogens with zero attached hydrogens (tertiary/aromatic N) is 1. The van der Waals surface area contributed by atoms with Gasteiger partial charge in [-0.2, -0.15) is 0 Å². The summed E-state index contributed by atoms with van der Waals surface area (Å²) in [4.78, 5) is 17.2. The zero-order valence-electron chi connectivity index (χ0n) is 18.3. The highest BCUT2D eigenvalue weighted by Gasteiger charge is 2.31. The maximum Gasteiger partial charge on any atom is 0.573 e. The van der Waals surface area contributed by atoms with Gasteiger partial charge >= 0.3 is 6.36 Å². The van der Waals surface area contributed by atoms with Gasteiger partial charge in [-0.1, -0.05) is 6.07 Å². The van der Waals surface area contributed by atoms with Gasteiger partial charge < -0.3 is 19.5 Å². The first kappa shape index (κ1) is 24.1. The van der Waals surface area contributed by atoms with Crippen LogP contribution in [0.5, 0.6) is 17.2 Å². The summed E-state index contributed by atoms with van der Waals surface area (Å²) >= 11 is 0. The van der Waals surface area contributed by atoms with Gasteiger partial charge in [0.05, 0.1) is 23.1 Å². The SMILES string of the molecule is CCOC(C)c1ccc(C(=O)Nc2cccc(Oc3ccc(OC(F)(F)F)cc3)c2)c(C)n1. The summed E-state index contributed by atoms with van der Waals surface area (Å²) in [5.41, 5.74) is 2.23. The Morgan fingerprint density at radius 3 is 2.36 bits per heavy atom. The number of rotatable bonds is 8. The monoisotopic (exact) mass is 460 g/mol. The van der Waals surface area contributed by atoms with Gasteiger partial charge in [-0.05, 0) is 69.3 Å². The lowest BCUT2D eigenvalue weighted by Crippen LogP contribution is -2.16. The summed E-state index contributed by atoms with van der Waals surface area (Å²) in [5, 5.41) is 2.80. The number of halogens is 3. The zero-order chi connectivity index (χ0) is 24.0. The van der Waals surface area contributed by atoms with Crippen LogP contribution in [0.15, 0.2) is 60.7 Å². The number of pyridine rings is 1. The molecule has 3 aromatic rings. The minimum Gasteiger partial charge on any atom is -0.457 e. The number of nitrogens with one attached hydrogen (secondary N) is 1. The predicted molar refractivity (Wildman–Crippen MR) is 117 cm³/mol. The van der Waals surface area contributed by atoms with Crippen LogP contribution in [0.25, 0.3) is 0 Å². The first-order valence-corrected chi connectivity index (χ1v) is 10.2. The van der Waals surface area contributed by atoms with Crippen molar-refractivity contribution in [2.24, 2.45) is 0 Å². The van der Waals surface area contributed by atoms with E-state index in [1.807, 2.05) is 13.8 Å². The summed E-state index contributed by atoms with van der Waals surface area (Å²) in [7, 11) is 0. The number of benzene rings is 2. The molecular formula is C24H23F3N2O4. The quantitative estimate of drug-likeness (QED) is 0.419. The Kier molecular flexibility index (Phi) is 7.55. The number of aromatic nitrogens is 1. The number of carbonyl (C=O) groups excluding carboxylic acids is 1. The Bertz CT molecular complexity index is 1100. The number of ether oxygens (including phenoxy) is 3. The first-order chi connectivity index (χ1) is 15.6. The molecule has 0 fully saturated rings. The van der Waals surface area contributed by atoms with Crippen molar-refractivity contribution in [3.8, 4) is 17.2 Å². The fraction of sp³-hybridized carbons (Fsp3) is 0.250. The normalized spacial score (nSPS) is 12.2. The molecule has 1 heterocycles. The lowest BCUT2D eigenvalue weighted by Gasteiger charge is -2.14. The molecule has 6 nitrogen and oxygen atoms in total. The van der Waals surface area contributed by atoms with Gasteiger partial charge in [0.15, 0.2) is 0 Å². The third-order valence-corrected chi connectivity index (χ3v) is 4.57. The van der Waals surface area contributed by atoms with Gasteiger partial charge in [-0.25, -0.2) is 0 Å². The highest BCUT2D eigenvalue weighted by atomic mass is 19.4. The van der Waals surface area contributed by atoms with E-state index in [1.54, 1.807) is 43.3 Å². The molecule has 0 aliphatic rings. The molecule has 0 saturated heterocycles. The highest BCUT2D eigenvalue weighted by molar-refractivity contribution is 6.05. The Labute approximate surface area is 189 Å². The number of hydrogen-bond donors (Lipinski definition) is 1. The van der Waals surface area contributed by atoms with E-state index in [1.165, 1.54) is 12.1 Å². The van der Waals surface area contributed by atoms with Crippen molar-refractivity contribution in [1.29, 1.82) is 0 Å². The average Bonchev–Trinajstić information content (AvgIpc) is 2.74. The number of amides is 1. The molecule has 1 N–H and O–H groups in total. The van der Waals surface area contributed by atoms with E-state index in [0.717, 1.165) is 17.8 Å². The summed E-state index contributed by atoms with van der Waals surface area (Å²) in [6.45, 7) is 6.12. The molecule has 0 saturated carbocycles. The molecule has 1 aromatic heterocycles. The molecule has 0 aliphatic heterocycles. The van der Waals surface area contributed by atoms with Crippen LogP contribution in [0.3, 0.4) is 0 Å². The van der Waals surface area contributed by atoms with E-state index in [0.29, 0.717) is 35.1 Å². The Hall–Kier alpha value is -3.59. The van der Waals surface area contributed by atoms with Crippen LogP contribution < -0.4 is 14.8 Å². The fourth-order valence-electron chi connectivity index (χ4n) is 3.06. The third kappa shape index (κ3) is 6.95. The van der Waals surface area contributed by atoms with Crippen molar-refractivity contribution < 1.29 is 32.2 Å². The minimum absolute atomic E-state index is 0.172. The van der Waals surface area contributed by atoms with Crippen LogP contribution in [0, 0.1) is 6.92 Å². The first-order valence-electron chi connectivity index (χ1n) is 10.2. The minimum atomic E-state index is -4.76. The van der Waals surface area contributed by atoms with E-state index in [4.69, 9.17) is 9.47 Å². The average molecular weight is 460 g/mol. The Morgan fingerprint density at radius 2 is 1.73 bits per heavy atom. The number of aryl methyl sites for hydroxylation is 1. The van der Waals surface area contributed by atoms with Gasteiger partial charge in [0.25, 0.3) is 5.91 Å². The number of carbonyl (C=O) groups is 1. The van der Waals surface area contributed by atoms with Crippen LogP contribution in [0.4, 0.5) is 18.9 Å². The summed E-state index contributed by atoms with van der Waals surface area (Å²) in [6, 6.07) is 15.1. The summed E-state index contributed by atoms with van der Waals surface area (Å²) in [6.07, 6.45) is -4.93. The molecule has 33 heavy (non-hydrogen) atoms. The smallest absolute Gasteiger partial charge is 0.457 e. The molecular weight excluding hydrogens is 437 g/mol. The van der Waals surface area contributed by atoms with Crippen molar-refractivity contribution in [2.45, 2.75) is 33.2 Å². The number of alkyl halides is 3. The van der Waals surface area contributed by atoms with Gasteiger partial charge in [0.2, 0.25) is 0 Å². The molecule has 0 aliphatic carbocycles. The van der Waals surface area contributed by atoms with E-state index in [2.05, 4.69) is 15.0 Å². The van der Waals surface area contributed by atoms with Crippen molar-refractivity contribution in [3.63, 3.8) is 0 Å². The number of hydrogen-bond acceptors (Lipinski definition) is 5. The topological polar surface area (TPSA) is 69.7 Å². The van der Waals surface area contributed by atoms with Gasteiger partial charge in [0, 0.05) is 18.4 Å². The van der Waals surface area contributed by atoms with E-state index < -0.39 is 6.36 Å². The van der Waals surface area contributed by atoms with Crippen molar-refractivity contribution in [1.82, 2.24) is 4.98 Å². The second kappa shape index (κ2) is 10.4. The highest BCUT2D eigenvalue weighted by Crippen LogP contribution is 2.28. The van der Waals surface area contributed by atoms with Gasteiger partial charge in [0.1, 0.15) is 17.2 Å². The molecule has 174 valence electrons. The van der Waals surface area contributed by atoms with Crippen molar-refractivity contribution in [3.05, 3.63) is 77.6 Å². The van der Waals surface area contributed by atoms with Gasteiger partial charge in [-0.15, -0.1) is 13.2 Å². The molecule has 3 rings (SSSR count). The van der Waals surface area contributed by atoms with E-state index >= 15 is 0 Å². The third-order valence-electron chi connectivity index (χ3n) is 4.57. The standard InChI is InChI=1S/C24H23F3N2O4/c1-4-31-16(3)22-13-12-21(15(2)28-22)23(30)29-17-6-5-7-20(14-17)32-18-8-10-19(11-9-18)33-24(25,26)27/h5-14,16H,4H2,1-3H3,(H,29,30). The molecule has 0 bridgehead atoms. The zero-order valence-corrected chi connectivity index (χ0v) is 18.3. The molecule has 1 atom stereocenters. The van der Waals surface area contributed by atoms with Crippen LogP contribution in [-0.4, -0.2) is 23.9 Å². The Balaban J connectivity index is 1.67. The van der Waals surface area contributed by atoms with Gasteiger partial charge in [-0.3, -0.25) is 9.78 Å². The van der Waals surface area contributed by atoms with E-state index in [-0.39, 0.29) is 17.8 Å². The second-order valence-electron chi connectivity index (χ2n) is 7.07. The fourth-order valence-corrected chi connectivity index (χ4v) is 3.06. The van der Waals surface area contributed by atoms with E-state index in [9.17, 15) is 18.0 Å². The van der Waals surface area contributed by atoms with Crippen LogP contribution in [0.1, 0.15) is 41.7 Å². The van der Waals surface area contributed by atoms with Crippen LogP contribution in [-0.2, 0) is 4.74 Å². The van der Waals surface area contributed by atoms with Crippen molar-refractivity contribution in [2.75, 3.05) is 11.9 Å². The van der Waals surface area contributed by atoms with Crippen molar-refractivity contribution >= 4 is 11.6 Å². The lowest BCUT2D eigenvalue weighted by atomic mass is 10.1. The summed E-state index contributed by atoms with van der Waals surface area (Å²) in [5.74, 6) is 0.0306. The van der Waals surface area contributed by atoms with Crippen LogP contribution in [0.2, 0.25) is 0 Å². The molecule has 1 amide bonds. The second-order valence-corrected chi connectivity index (χ2v) is 7.07. The maximum absolute atomic E-state index is 12.7. The van der Waals surface area contributed by atoms with Crippen LogP contribution >= 0.6 is 0 Å². The largest absolute Gasteiger partial charge is 0.573 e. The predicted octanol–water partition coefficient (Wildman–Crippen LogP) is 6.43. The molecule has 0 radical (unpaired) electrons. The summed E-state index contributed by atoms with van der Waals surface area (Å²) < 4.78 is 51.9. The number of anilines is 1. The molecule has 1 unspecified atom stereocenters. The maximum atomic E-state index is 12.7. The molecule has 2 aromatic carbocycles. The Morgan fingerprint density at radius 1 is 1.03 bits per heavy atom.